The normalized spacial score (nSPS) is 17.7. The van der Waals surface area contributed by atoms with E-state index in [4.69, 9.17) is 17.0 Å². The lowest BCUT2D eigenvalue weighted by Crippen LogP contribution is -2.20. The predicted molar refractivity (Wildman–Crippen MR) is 81.8 cm³/mol. The highest BCUT2D eigenvalue weighted by molar-refractivity contribution is 7.71. The lowest BCUT2D eigenvalue weighted by Gasteiger charge is -2.27. The molecule has 3 nitrogen and oxygen atoms in total. The number of rotatable bonds is 1. The SMILES string of the molecule is S=c1[nH]c2ccccc2n1C1CCOc2ccccc21. The van der Waals surface area contributed by atoms with Gasteiger partial charge in [-0.2, -0.15) is 0 Å². The van der Waals surface area contributed by atoms with Crippen molar-refractivity contribution in [1.82, 2.24) is 9.55 Å². The topological polar surface area (TPSA) is 29.9 Å². The third-order valence-corrected chi connectivity index (χ3v) is 4.16. The Morgan fingerprint density at radius 2 is 1.90 bits per heavy atom. The molecule has 3 aromatic rings. The van der Waals surface area contributed by atoms with Gasteiger partial charge in [-0.25, -0.2) is 0 Å². The Kier molecular flexibility index (Phi) is 2.63. The average Bonchev–Trinajstić information content (AvgIpc) is 2.82. The highest BCUT2D eigenvalue weighted by Gasteiger charge is 2.24. The standard InChI is InChI=1S/C16H14N2OS/c20-16-17-12-6-2-3-7-14(12)18(16)13-9-10-19-15-8-4-1-5-11(13)15/h1-8,13H,9-10H2,(H,17,20). The molecule has 1 N–H and O–H groups in total. The molecule has 2 heterocycles. The Balaban J connectivity index is 1.97. The van der Waals surface area contributed by atoms with Crippen molar-refractivity contribution in [3.63, 3.8) is 0 Å². The second-order valence-electron chi connectivity index (χ2n) is 5.01. The first-order valence-electron chi connectivity index (χ1n) is 6.75. The molecule has 1 aliphatic heterocycles. The second kappa shape index (κ2) is 4.49. The monoisotopic (exact) mass is 282 g/mol. The van der Waals surface area contributed by atoms with Crippen molar-refractivity contribution in [2.75, 3.05) is 6.61 Å². The number of nitrogens with zero attached hydrogens (tertiary/aromatic N) is 1. The summed E-state index contributed by atoms with van der Waals surface area (Å²) in [5.41, 5.74) is 3.44. The van der Waals surface area contributed by atoms with Crippen LogP contribution in [0, 0.1) is 4.77 Å². The maximum Gasteiger partial charge on any atom is 0.178 e. The molecule has 20 heavy (non-hydrogen) atoms. The van der Waals surface area contributed by atoms with E-state index in [0.717, 1.165) is 34.6 Å². The molecule has 1 atom stereocenters. The molecule has 100 valence electrons. The number of benzene rings is 2. The summed E-state index contributed by atoms with van der Waals surface area (Å²) in [6.45, 7) is 0.725. The third-order valence-electron chi connectivity index (χ3n) is 3.86. The third kappa shape index (κ3) is 1.68. The van der Waals surface area contributed by atoms with Gasteiger partial charge in [-0.3, -0.25) is 0 Å². The van der Waals surface area contributed by atoms with Crippen LogP contribution in [0.25, 0.3) is 11.0 Å². The van der Waals surface area contributed by atoms with E-state index in [0.29, 0.717) is 0 Å². The number of H-pyrrole nitrogens is 1. The molecular weight excluding hydrogens is 268 g/mol. The van der Waals surface area contributed by atoms with Crippen molar-refractivity contribution in [2.24, 2.45) is 0 Å². The number of ether oxygens (including phenoxy) is 1. The molecular formula is C16H14N2OS. The van der Waals surface area contributed by atoms with E-state index in [1.165, 1.54) is 5.56 Å². The molecule has 1 aliphatic rings. The molecule has 0 aliphatic carbocycles. The summed E-state index contributed by atoms with van der Waals surface area (Å²) >= 11 is 5.53. The number of aromatic amines is 1. The van der Waals surface area contributed by atoms with Gasteiger partial charge in [-0.15, -0.1) is 0 Å². The van der Waals surface area contributed by atoms with E-state index in [1.807, 2.05) is 24.3 Å². The van der Waals surface area contributed by atoms with E-state index < -0.39 is 0 Å². The number of para-hydroxylation sites is 3. The van der Waals surface area contributed by atoms with Crippen molar-refractivity contribution >= 4 is 23.3 Å². The van der Waals surface area contributed by atoms with Gasteiger partial charge in [-0.05, 0) is 30.4 Å². The van der Waals surface area contributed by atoms with Crippen molar-refractivity contribution in [2.45, 2.75) is 12.5 Å². The molecule has 0 fully saturated rings. The molecule has 0 amide bonds. The summed E-state index contributed by atoms with van der Waals surface area (Å²) in [7, 11) is 0. The van der Waals surface area contributed by atoms with Crippen LogP contribution in [0.15, 0.2) is 48.5 Å². The molecule has 0 saturated carbocycles. The Morgan fingerprint density at radius 3 is 2.85 bits per heavy atom. The molecule has 0 bridgehead atoms. The Bertz CT molecular complexity index is 834. The van der Waals surface area contributed by atoms with Crippen molar-refractivity contribution < 1.29 is 4.74 Å². The summed E-state index contributed by atoms with van der Waals surface area (Å²) in [6, 6.07) is 16.7. The van der Waals surface area contributed by atoms with E-state index in [9.17, 15) is 0 Å². The number of imidazole rings is 1. The summed E-state index contributed by atoms with van der Waals surface area (Å²) < 4.78 is 8.73. The zero-order chi connectivity index (χ0) is 13.5. The van der Waals surface area contributed by atoms with Crippen LogP contribution in [0.1, 0.15) is 18.0 Å². The van der Waals surface area contributed by atoms with Gasteiger partial charge in [-0.1, -0.05) is 30.3 Å². The van der Waals surface area contributed by atoms with Gasteiger partial charge in [0, 0.05) is 12.0 Å². The number of aromatic nitrogens is 2. The Morgan fingerprint density at radius 1 is 1.10 bits per heavy atom. The molecule has 0 radical (unpaired) electrons. The largest absolute Gasteiger partial charge is 0.493 e. The highest BCUT2D eigenvalue weighted by atomic mass is 32.1. The number of hydrogen-bond acceptors (Lipinski definition) is 2. The van der Waals surface area contributed by atoms with E-state index in [-0.39, 0.29) is 6.04 Å². The quantitative estimate of drug-likeness (QED) is 0.682. The fourth-order valence-corrected chi connectivity index (χ4v) is 3.31. The van der Waals surface area contributed by atoms with Crippen molar-refractivity contribution in [3.8, 4) is 5.75 Å². The van der Waals surface area contributed by atoms with Crippen LogP contribution in [-0.2, 0) is 0 Å². The minimum atomic E-state index is 0.239. The first kappa shape index (κ1) is 11.7. The van der Waals surface area contributed by atoms with Gasteiger partial charge in [0.05, 0.1) is 23.7 Å². The average molecular weight is 282 g/mol. The fraction of sp³-hybridized carbons (Fsp3) is 0.188. The highest BCUT2D eigenvalue weighted by Crippen LogP contribution is 2.36. The summed E-state index contributed by atoms with van der Waals surface area (Å²) in [5, 5.41) is 0. The minimum Gasteiger partial charge on any atom is -0.493 e. The molecule has 1 aromatic heterocycles. The van der Waals surface area contributed by atoms with Crippen LogP contribution < -0.4 is 4.74 Å². The summed E-state index contributed by atoms with van der Waals surface area (Å²) in [4.78, 5) is 3.29. The molecule has 0 saturated heterocycles. The van der Waals surface area contributed by atoms with Gasteiger partial charge in [0.15, 0.2) is 4.77 Å². The summed E-state index contributed by atoms with van der Waals surface area (Å²) in [5.74, 6) is 0.968. The van der Waals surface area contributed by atoms with Gasteiger partial charge in [0.2, 0.25) is 0 Å². The molecule has 4 heteroatoms. The van der Waals surface area contributed by atoms with Gasteiger partial charge >= 0.3 is 0 Å². The number of nitrogens with one attached hydrogen (secondary N) is 1. The van der Waals surface area contributed by atoms with E-state index >= 15 is 0 Å². The van der Waals surface area contributed by atoms with Gasteiger partial charge in [0.25, 0.3) is 0 Å². The lowest BCUT2D eigenvalue weighted by molar-refractivity contribution is 0.257. The number of hydrogen-bond donors (Lipinski definition) is 1. The summed E-state index contributed by atoms with van der Waals surface area (Å²) in [6.07, 6.45) is 0.938. The Labute approximate surface area is 121 Å². The maximum atomic E-state index is 5.75. The van der Waals surface area contributed by atoms with E-state index in [1.54, 1.807) is 0 Å². The minimum absolute atomic E-state index is 0.239. The van der Waals surface area contributed by atoms with Crippen LogP contribution >= 0.6 is 12.2 Å². The first-order chi connectivity index (χ1) is 9.84. The fourth-order valence-electron chi connectivity index (χ4n) is 2.98. The zero-order valence-corrected chi connectivity index (χ0v) is 11.7. The van der Waals surface area contributed by atoms with Crippen LogP contribution in [-0.4, -0.2) is 16.2 Å². The number of fused-ring (bicyclic) bond motifs is 2. The second-order valence-corrected chi connectivity index (χ2v) is 5.39. The van der Waals surface area contributed by atoms with Crippen molar-refractivity contribution in [3.05, 3.63) is 58.9 Å². The van der Waals surface area contributed by atoms with Crippen LogP contribution in [0.4, 0.5) is 0 Å². The lowest BCUT2D eigenvalue weighted by atomic mass is 10.0. The van der Waals surface area contributed by atoms with Crippen LogP contribution in [0.2, 0.25) is 0 Å². The van der Waals surface area contributed by atoms with E-state index in [2.05, 4.69) is 33.8 Å². The van der Waals surface area contributed by atoms with Gasteiger partial charge < -0.3 is 14.3 Å². The molecule has 0 spiro atoms. The first-order valence-corrected chi connectivity index (χ1v) is 7.16. The molecule has 2 aromatic carbocycles. The molecule has 1 unspecified atom stereocenters. The van der Waals surface area contributed by atoms with Crippen molar-refractivity contribution in [1.29, 1.82) is 0 Å². The Hall–Kier alpha value is -2.07. The predicted octanol–water partition coefficient (Wildman–Crippen LogP) is 4.07. The molecule has 4 rings (SSSR count). The smallest absolute Gasteiger partial charge is 0.178 e. The van der Waals surface area contributed by atoms with Crippen LogP contribution in [0.3, 0.4) is 0 Å². The van der Waals surface area contributed by atoms with Gasteiger partial charge in [0.1, 0.15) is 5.75 Å². The van der Waals surface area contributed by atoms with Crippen LogP contribution in [0.5, 0.6) is 5.75 Å². The zero-order valence-electron chi connectivity index (χ0n) is 10.9. The maximum absolute atomic E-state index is 5.75.